The highest BCUT2D eigenvalue weighted by molar-refractivity contribution is 7.07. The number of aromatic nitrogens is 2. The van der Waals surface area contributed by atoms with Crippen LogP contribution in [0.15, 0.2) is 23.0 Å². The van der Waals surface area contributed by atoms with E-state index >= 15 is 0 Å². The lowest BCUT2D eigenvalue weighted by atomic mass is 10.3. The highest BCUT2D eigenvalue weighted by atomic mass is 32.1. The Morgan fingerprint density at radius 3 is 2.94 bits per heavy atom. The van der Waals surface area contributed by atoms with Crippen LogP contribution in [0.5, 0.6) is 0 Å². The van der Waals surface area contributed by atoms with E-state index in [-0.39, 0.29) is 11.5 Å². The molecular formula is C10H11N5O2S. The molecule has 0 bridgehead atoms. The molecule has 0 amide bonds. The summed E-state index contributed by atoms with van der Waals surface area (Å²) in [5.41, 5.74) is 2.48. The molecule has 0 fully saturated rings. The number of pyridine rings is 1. The molecule has 0 spiro atoms. The summed E-state index contributed by atoms with van der Waals surface area (Å²) in [5.74, 6) is 0.807. The summed E-state index contributed by atoms with van der Waals surface area (Å²) in [6.45, 7) is 0.407. The number of nitrogens with zero attached hydrogens (tertiary/aromatic N) is 3. The van der Waals surface area contributed by atoms with Crippen LogP contribution >= 0.6 is 11.3 Å². The van der Waals surface area contributed by atoms with Gasteiger partial charge >= 0.3 is 5.69 Å². The van der Waals surface area contributed by atoms with Crippen LogP contribution in [-0.4, -0.2) is 21.9 Å². The molecule has 2 aromatic rings. The van der Waals surface area contributed by atoms with Crippen molar-refractivity contribution in [1.29, 1.82) is 0 Å². The highest BCUT2D eigenvalue weighted by Crippen LogP contribution is 2.24. The third-order valence-electron chi connectivity index (χ3n) is 2.25. The van der Waals surface area contributed by atoms with Crippen molar-refractivity contribution >= 4 is 28.7 Å². The van der Waals surface area contributed by atoms with Crippen molar-refractivity contribution in [3.8, 4) is 0 Å². The van der Waals surface area contributed by atoms with Crippen molar-refractivity contribution in [2.24, 2.45) is 0 Å². The number of rotatable bonds is 5. The Kier molecular flexibility index (Phi) is 3.68. The molecule has 0 aliphatic carbocycles. The van der Waals surface area contributed by atoms with Crippen molar-refractivity contribution in [2.75, 3.05) is 17.7 Å². The Bertz CT molecular complexity index is 543. The summed E-state index contributed by atoms with van der Waals surface area (Å²) in [6.07, 6.45) is 0. The van der Waals surface area contributed by atoms with Crippen LogP contribution in [0.1, 0.15) is 5.69 Å². The number of nitro groups is 1. The van der Waals surface area contributed by atoms with E-state index in [2.05, 4.69) is 20.6 Å². The van der Waals surface area contributed by atoms with E-state index in [0.717, 1.165) is 5.69 Å². The second-order valence-corrected chi connectivity index (χ2v) is 4.12. The first kappa shape index (κ1) is 12.2. The predicted molar refractivity (Wildman–Crippen MR) is 69.9 cm³/mol. The Hall–Kier alpha value is -2.22. The molecule has 8 heteroatoms. The average molecular weight is 265 g/mol. The van der Waals surface area contributed by atoms with Crippen molar-refractivity contribution in [1.82, 2.24) is 9.97 Å². The van der Waals surface area contributed by atoms with Gasteiger partial charge in [0.1, 0.15) is 5.82 Å². The molecule has 0 saturated heterocycles. The maximum Gasteiger partial charge on any atom is 0.311 e. The average Bonchev–Trinajstić information content (AvgIpc) is 2.88. The van der Waals surface area contributed by atoms with Crippen molar-refractivity contribution < 1.29 is 4.92 Å². The third-order valence-corrected chi connectivity index (χ3v) is 2.88. The maximum absolute atomic E-state index is 10.9. The summed E-state index contributed by atoms with van der Waals surface area (Å²) in [7, 11) is 1.71. The van der Waals surface area contributed by atoms with E-state index in [1.54, 1.807) is 18.6 Å². The molecule has 2 rings (SSSR count). The van der Waals surface area contributed by atoms with E-state index in [0.29, 0.717) is 12.4 Å². The van der Waals surface area contributed by atoms with Gasteiger partial charge in [0.25, 0.3) is 0 Å². The topological polar surface area (TPSA) is 93.0 Å². The van der Waals surface area contributed by atoms with Crippen molar-refractivity contribution in [2.45, 2.75) is 6.54 Å². The van der Waals surface area contributed by atoms with E-state index in [9.17, 15) is 10.1 Å². The van der Waals surface area contributed by atoms with Gasteiger partial charge in [-0.2, -0.15) is 0 Å². The number of nitrogens with one attached hydrogen (secondary N) is 2. The van der Waals surface area contributed by atoms with Crippen LogP contribution in [0.4, 0.5) is 17.3 Å². The molecule has 2 aromatic heterocycles. The number of anilines is 2. The first-order valence-corrected chi connectivity index (χ1v) is 6.09. The summed E-state index contributed by atoms with van der Waals surface area (Å²) >= 11 is 1.48. The van der Waals surface area contributed by atoms with Gasteiger partial charge in [-0.3, -0.25) is 10.1 Å². The Balaban J connectivity index is 2.20. The van der Waals surface area contributed by atoms with Gasteiger partial charge in [0, 0.05) is 18.5 Å². The fourth-order valence-electron chi connectivity index (χ4n) is 1.37. The molecule has 2 heterocycles. The molecule has 0 atom stereocenters. The maximum atomic E-state index is 10.9. The lowest BCUT2D eigenvalue weighted by Gasteiger charge is -2.06. The van der Waals surface area contributed by atoms with E-state index in [4.69, 9.17) is 0 Å². The Labute approximate surface area is 107 Å². The van der Waals surface area contributed by atoms with E-state index < -0.39 is 4.92 Å². The summed E-state index contributed by atoms with van der Waals surface area (Å²) in [5, 5.41) is 18.5. The van der Waals surface area contributed by atoms with Gasteiger partial charge < -0.3 is 10.6 Å². The zero-order valence-electron chi connectivity index (χ0n) is 9.58. The van der Waals surface area contributed by atoms with Gasteiger partial charge in [0.05, 0.1) is 22.7 Å². The zero-order valence-corrected chi connectivity index (χ0v) is 10.4. The standard InChI is InChI=1S/C10H11N5O2S/c1-11-9-3-2-8(15(16)17)10(14-9)12-4-7-5-18-6-13-7/h2-3,5-6H,4H2,1H3,(H2,11,12,14). The number of hydrogen-bond acceptors (Lipinski definition) is 7. The van der Waals surface area contributed by atoms with E-state index in [1.807, 2.05) is 5.38 Å². The van der Waals surface area contributed by atoms with Gasteiger partial charge in [-0.1, -0.05) is 0 Å². The molecule has 0 radical (unpaired) electrons. The lowest BCUT2D eigenvalue weighted by Crippen LogP contribution is -2.06. The summed E-state index contributed by atoms with van der Waals surface area (Å²) in [4.78, 5) is 18.6. The highest BCUT2D eigenvalue weighted by Gasteiger charge is 2.15. The van der Waals surface area contributed by atoms with Crippen LogP contribution < -0.4 is 10.6 Å². The Morgan fingerprint density at radius 2 is 2.33 bits per heavy atom. The van der Waals surface area contributed by atoms with Crippen LogP contribution in [-0.2, 0) is 6.54 Å². The minimum absolute atomic E-state index is 0.0516. The number of thiazole rings is 1. The monoisotopic (exact) mass is 265 g/mol. The van der Waals surface area contributed by atoms with Gasteiger partial charge in [0.2, 0.25) is 5.82 Å². The molecule has 94 valence electrons. The fraction of sp³-hybridized carbons (Fsp3) is 0.200. The second kappa shape index (κ2) is 5.41. The van der Waals surface area contributed by atoms with Gasteiger partial charge in [-0.05, 0) is 6.07 Å². The molecule has 2 N–H and O–H groups in total. The van der Waals surface area contributed by atoms with Crippen LogP contribution in [0.2, 0.25) is 0 Å². The molecule has 0 saturated carbocycles. The van der Waals surface area contributed by atoms with Crippen molar-refractivity contribution in [3.63, 3.8) is 0 Å². The minimum Gasteiger partial charge on any atom is -0.373 e. The summed E-state index contributed by atoms with van der Waals surface area (Å²) in [6, 6.07) is 2.98. The van der Waals surface area contributed by atoms with Crippen LogP contribution in [0.25, 0.3) is 0 Å². The van der Waals surface area contributed by atoms with Gasteiger partial charge in [0.15, 0.2) is 0 Å². The normalized spacial score (nSPS) is 10.1. The molecule has 0 aromatic carbocycles. The molecule has 0 aliphatic heterocycles. The van der Waals surface area contributed by atoms with Gasteiger partial charge in [-0.25, -0.2) is 9.97 Å². The van der Waals surface area contributed by atoms with Gasteiger partial charge in [-0.15, -0.1) is 11.3 Å². The molecule has 0 aliphatic rings. The molecular weight excluding hydrogens is 254 g/mol. The zero-order chi connectivity index (χ0) is 13.0. The molecule has 7 nitrogen and oxygen atoms in total. The SMILES string of the molecule is CNc1ccc([N+](=O)[O-])c(NCc2cscn2)n1. The molecule has 0 unspecified atom stereocenters. The Morgan fingerprint density at radius 1 is 1.50 bits per heavy atom. The number of hydrogen-bond donors (Lipinski definition) is 2. The first-order chi connectivity index (χ1) is 8.70. The summed E-state index contributed by atoms with van der Waals surface area (Å²) < 4.78 is 0. The second-order valence-electron chi connectivity index (χ2n) is 3.40. The van der Waals surface area contributed by atoms with Crippen molar-refractivity contribution in [3.05, 3.63) is 38.8 Å². The quantitative estimate of drug-likeness (QED) is 0.635. The minimum atomic E-state index is -0.462. The molecule has 18 heavy (non-hydrogen) atoms. The fourth-order valence-corrected chi connectivity index (χ4v) is 1.93. The first-order valence-electron chi connectivity index (χ1n) is 5.15. The largest absolute Gasteiger partial charge is 0.373 e. The lowest BCUT2D eigenvalue weighted by molar-refractivity contribution is -0.384. The third kappa shape index (κ3) is 2.72. The van der Waals surface area contributed by atoms with Crippen LogP contribution in [0.3, 0.4) is 0 Å². The predicted octanol–water partition coefficient (Wildman–Crippen LogP) is 2.10. The van der Waals surface area contributed by atoms with Crippen LogP contribution in [0, 0.1) is 10.1 Å². The smallest absolute Gasteiger partial charge is 0.311 e. The van der Waals surface area contributed by atoms with E-state index in [1.165, 1.54) is 17.4 Å².